The number of rotatable bonds is 4. The number of thioether (sulfide) groups is 1. The second-order valence-electron chi connectivity index (χ2n) is 3.76. The summed E-state index contributed by atoms with van der Waals surface area (Å²) in [5.41, 5.74) is 0. The molecule has 0 aliphatic carbocycles. The zero-order valence-electron chi connectivity index (χ0n) is 8.95. The molecule has 0 bridgehead atoms. The first kappa shape index (κ1) is 11.6. The average molecular weight is 215 g/mol. The summed E-state index contributed by atoms with van der Waals surface area (Å²) >= 11 is 1.60. The zero-order chi connectivity index (χ0) is 10.7. The van der Waals surface area contributed by atoms with Crippen LogP contribution in [-0.4, -0.2) is 33.8 Å². The van der Waals surface area contributed by atoms with Gasteiger partial charge in [-0.05, 0) is 26.0 Å². The van der Waals surface area contributed by atoms with Gasteiger partial charge in [-0.25, -0.2) is 0 Å². The molecule has 1 fully saturated rings. The van der Waals surface area contributed by atoms with Crippen LogP contribution in [0, 0.1) is 0 Å². The van der Waals surface area contributed by atoms with Crippen LogP contribution in [0.5, 0.6) is 0 Å². The molecular weight excluding hydrogens is 198 g/mol. The summed E-state index contributed by atoms with van der Waals surface area (Å²) in [7, 11) is 0. The number of carbonyl (C=O) groups is 2. The maximum Gasteiger partial charge on any atom is 0.243 e. The van der Waals surface area contributed by atoms with Gasteiger partial charge in [0.15, 0.2) is 0 Å². The first-order valence-corrected chi connectivity index (χ1v) is 6.10. The minimum absolute atomic E-state index is 0.00206. The first-order chi connectivity index (χ1) is 6.57. The molecule has 3 nitrogen and oxygen atoms in total. The van der Waals surface area contributed by atoms with Gasteiger partial charge in [-0.2, -0.15) is 0 Å². The number of nitrogens with zero attached hydrogens (tertiary/aromatic N) is 1. The number of likely N-dealkylation sites (tertiary alicyclic amines) is 1. The Bertz CT molecular complexity index is 240. The third kappa shape index (κ3) is 2.29. The van der Waals surface area contributed by atoms with E-state index in [-0.39, 0.29) is 23.1 Å². The van der Waals surface area contributed by atoms with Crippen molar-refractivity contribution < 1.29 is 9.59 Å². The minimum atomic E-state index is -0.121. The quantitative estimate of drug-likeness (QED) is 0.669. The second-order valence-corrected chi connectivity index (χ2v) is 5.07. The highest BCUT2D eigenvalue weighted by molar-refractivity contribution is 8.00. The summed E-state index contributed by atoms with van der Waals surface area (Å²) in [6.07, 6.45) is 1.44. The van der Waals surface area contributed by atoms with E-state index in [4.69, 9.17) is 0 Å². The SMILES string of the molecule is CCCSC1CC(=O)N(C(C)C)C1=O. The lowest BCUT2D eigenvalue weighted by Gasteiger charge is -2.18. The van der Waals surface area contributed by atoms with Crippen molar-refractivity contribution in [2.75, 3.05) is 5.75 Å². The Balaban J connectivity index is 2.60. The summed E-state index contributed by atoms with van der Waals surface area (Å²) in [6.45, 7) is 5.83. The van der Waals surface area contributed by atoms with Gasteiger partial charge in [-0.3, -0.25) is 14.5 Å². The van der Waals surface area contributed by atoms with Gasteiger partial charge in [0, 0.05) is 12.5 Å². The molecule has 0 N–H and O–H groups in total. The molecule has 1 atom stereocenters. The van der Waals surface area contributed by atoms with E-state index in [0.717, 1.165) is 12.2 Å². The van der Waals surface area contributed by atoms with Crippen molar-refractivity contribution in [3.05, 3.63) is 0 Å². The Morgan fingerprint density at radius 1 is 1.50 bits per heavy atom. The minimum Gasteiger partial charge on any atom is -0.279 e. The van der Waals surface area contributed by atoms with E-state index >= 15 is 0 Å². The molecule has 14 heavy (non-hydrogen) atoms. The molecule has 0 spiro atoms. The maximum atomic E-state index is 11.7. The van der Waals surface area contributed by atoms with Gasteiger partial charge in [-0.15, -0.1) is 11.8 Å². The molecular formula is C10H17NO2S. The van der Waals surface area contributed by atoms with E-state index in [1.165, 1.54) is 4.90 Å². The number of carbonyl (C=O) groups excluding carboxylic acids is 2. The Hall–Kier alpha value is -0.510. The summed E-state index contributed by atoms with van der Waals surface area (Å²) in [6, 6.07) is 0.00206. The maximum absolute atomic E-state index is 11.7. The molecule has 1 rings (SSSR count). The van der Waals surface area contributed by atoms with Gasteiger partial charge in [0.1, 0.15) is 0 Å². The van der Waals surface area contributed by atoms with E-state index in [2.05, 4.69) is 6.92 Å². The summed E-state index contributed by atoms with van der Waals surface area (Å²) in [5.74, 6) is 0.942. The highest BCUT2D eigenvalue weighted by atomic mass is 32.2. The van der Waals surface area contributed by atoms with E-state index in [9.17, 15) is 9.59 Å². The molecule has 1 unspecified atom stereocenters. The molecule has 0 aromatic rings. The number of amides is 2. The number of imide groups is 1. The normalized spacial score (nSPS) is 22.6. The zero-order valence-corrected chi connectivity index (χ0v) is 9.76. The van der Waals surface area contributed by atoms with Crippen molar-refractivity contribution in [2.45, 2.75) is 44.9 Å². The highest BCUT2D eigenvalue weighted by Gasteiger charge is 2.39. The van der Waals surface area contributed by atoms with E-state index in [0.29, 0.717) is 6.42 Å². The van der Waals surface area contributed by atoms with Gasteiger partial charge < -0.3 is 0 Å². The standard InChI is InChI=1S/C10H17NO2S/c1-4-5-14-8-6-9(12)11(7(2)3)10(8)13/h7-8H,4-6H2,1-3H3. The third-order valence-corrected chi connectivity index (χ3v) is 3.60. The van der Waals surface area contributed by atoms with Crippen molar-refractivity contribution in [1.29, 1.82) is 0 Å². The Morgan fingerprint density at radius 2 is 2.14 bits per heavy atom. The predicted octanol–water partition coefficient (Wildman–Crippen LogP) is 1.67. The molecule has 1 aliphatic rings. The molecule has 0 saturated carbocycles. The fraction of sp³-hybridized carbons (Fsp3) is 0.800. The molecule has 0 radical (unpaired) electrons. The second kappa shape index (κ2) is 4.82. The van der Waals surface area contributed by atoms with Crippen LogP contribution in [0.25, 0.3) is 0 Å². The fourth-order valence-electron chi connectivity index (χ4n) is 1.56. The van der Waals surface area contributed by atoms with Crippen molar-refractivity contribution in [1.82, 2.24) is 4.90 Å². The van der Waals surface area contributed by atoms with Crippen LogP contribution in [0.4, 0.5) is 0 Å². The highest BCUT2D eigenvalue weighted by Crippen LogP contribution is 2.26. The summed E-state index contributed by atoms with van der Waals surface area (Å²) in [4.78, 5) is 24.6. The summed E-state index contributed by atoms with van der Waals surface area (Å²) < 4.78 is 0. The van der Waals surface area contributed by atoms with E-state index < -0.39 is 0 Å². The molecule has 0 aromatic heterocycles. The Kier molecular flexibility index (Phi) is 3.98. The fourth-order valence-corrected chi connectivity index (χ4v) is 2.59. The summed E-state index contributed by atoms with van der Waals surface area (Å²) in [5, 5.41) is -0.121. The van der Waals surface area contributed by atoms with Crippen molar-refractivity contribution >= 4 is 23.6 Å². The van der Waals surface area contributed by atoms with Crippen molar-refractivity contribution in [2.24, 2.45) is 0 Å². The number of hydrogen-bond acceptors (Lipinski definition) is 3. The molecule has 0 aromatic carbocycles. The van der Waals surface area contributed by atoms with Crippen LogP contribution in [0.2, 0.25) is 0 Å². The van der Waals surface area contributed by atoms with Crippen LogP contribution in [0.15, 0.2) is 0 Å². The van der Waals surface area contributed by atoms with Crippen LogP contribution in [0.3, 0.4) is 0 Å². The lowest BCUT2D eigenvalue weighted by molar-refractivity contribution is -0.140. The lowest BCUT2D eigenvalue weighted by atomic mass is 10.3. The van der Waals surface area contributed by atoms with Crippen molar-refractivity contribution in [3.63, 3.8) is 0 Å². The molecule has 80 valence electrons. The van der Waals surface area contributed by atoms with Crippen LogP contribution in [0.1, 0.15) is 33.6 Å². The Morgan fingerprint density at radius 3 is 2.57 bits per heavy atom. The topological polar surface area (TPSA) is 37.4 Å². The van der Waals surface area contributed by atoms with E-state index in [1.807, 2.05) is 13.8 Å². The van der Waals surface area contributed by atoms with Gasteiger partial charge in [-0.1, -0.05) is 6.92 Å². The molecule has 4 heteroatoms. The van der Waals surface area contributed by atoms with Gasteiger partial charge in [0.2, 0.25) is 11.8 Å². The molecule has 1 saturated heterocycles. The van der Waals surface area contributed by atoms with Crippen LogP contribution < -0.4 is 0 Å². The molecule has 2 amide bonds. The Labute approximate surface area is 89.2 Å². The predicted molar refractivity (Wildman–Crippen MR) is 58.1 cm³/mol. The monoisotopic (exact) mass is 215 g/mol. The van der Waals surface area contributed by atoms with Gasteiger partial charge >= 0.3 is 0 Å². The lowest BCUT2D eigenvalue weighted by Crippen LogP contribution is -2.37. The molecule has 1 heterocycles. The first-order valence-electron chi connectivity index (χ1n) is 5.05. The van der Waals surface area contributed by atoms with Crippen LogP contribution in [-0.2, 0) is 9.59 Å². The van der Waals surface area contributed by atoms with Crippen molar-refractivity contribution in [3.8, 4) is 0 Å². The molecule has 1 aliphatic heterocycles. The van der Waals surface area contributed by atoms with Gasteiger partial charge in [0.05, 0.1) is 5.25 Å². The smallest absolute Gasteiger partial charge is 0.243 e. The number of hydrogen-bond donors (Lipinski definition) is 0. The van der Waals surface area contributed by atoms with Crippen LogP contribution >= 0.6 is 11.8 Å². The third-order valence-electron chi connectivity index (χ3n) is 2.18. The van der Waals surface area contributed by atoms with Gasteiger partial charge in [0.25, 0.3) is 0 Å². The average Bonchev–Trinajstić information content (AvgIpc) is 2.38. The van der Waals surface area contributed by atoms with E-state index in [1.54, 1.807) is 11.8 Å². The largest absolute Gasteiger partial charge is 0.279 e.